The molecule has 1 amide bonds. The summed E-state index contributed by atoms with van der Waals surface area (Å²) in [4.78, 5) is 12.4. The molecule has 2 heterocycles. The van der Waals surface area contributed by atoms with E-state index in [0.29, 0.717) is 19.1 Å². The lowest BCUT2D eigenvalue weighted by atomic mass is 10.1. The molecule has 3 rings (SSSR count). The Bertz CT molecular complexity index is 655. The lowest BCUT2D eigenvalue weighted by Gasteiger charge is -2.10. The molecule has 1 aliphatic rings. The lowest BCUT2D eigenvalue weighted by molar-refractivity contribution is 0.0951. The molecule has 0 saturated carbocycles. The van der Waals surface area contributed by atoms with Gasteiger partial charge in [-0.1, -0.05) is 24.3 Å². The zero-order valence-electron chi connectivity index (χ0n) is 11.9. The molecule has 0 aliphatic carbocycles. The maximum absolute atomic E-state index is 12.4. The third kappa shape index (κ3) is 2.84. The van der Waals surface area contributed by atoms with Crippen molar-refractivity contribution in [2.75, 3.05) is 13.1 Å². The first-order chi connectivity index (χ1) is 10.3. The zero-order chi connectivity index (χ0) is 14.7. The van der Waals surface area contributed by atoms with E-state index in [9.17, 15) is 4.79 Å². The van der Waals surface area contributed by atoms with Crippen molar-refractivity contribution in [1.29, 1.82) is 0 Å². The molecule has 1 aromatic carbocycles. The second-order valence-corrected chi connectivity index (χ2v) is 5.27. The Morgan fingerprint density at radius 2 is 2.33 bits per heavy atom. The molecule has 0 radical (unpaired) electrons. The first kappa shape index (κ1) is 13.9. The quantitative estimate of drug-likeness (QED) is 0.728. The number of carbonyl (C=O) groups is 1. The summed E-state index contributed by atoms with van der Waals surface area (Å²) < 4.78 is 2.05. The molecule has 1 unspecified atom stereocenters. The second-order valence-electron chi connectivity index (χ2n) is 5.27. The van der Waals surface area contributed by atoms with Gasteiger partial charge in [-0.3, -0.25) is 15.6 Å². The molecule has 1 fully saturated rings. The molecular formula is C16H20N4O. The van der Waals surface area contributed by atoms with Gasteiger partial charge < -0.3 is 9.88 Å². The number of para-hydroxylation sites is 1. The van der Waals surface area contributed by atoms with Gasteiger partial charge in [-0.05, 0) is 12.5 Å². The van der Waals surface area contributed by atoms with E-state index < -0.39 is 0 Å². The van der Waals surface area contributed by atoms with E-state index in [0.717, 1.165) is 29.4 Å². The monoisotopic (exact) mass is 284 g/mol. The van der Waals surface area contributed by atoms with Crippen LogP contribution in [-0.4, -0.2) is 29.6 Å². The summed E-state index contributed by atoms with van der Waals surface area (Å²) in [5, 5.41) is 3.99. The van der Waals surface area contributed by atoms with Gasteiger partial charge in [0.05, 0.1) is 5.56 Å². The van der Waals surface area contributed by atoms with Crippen LogP contribution in [0.4, 0.5) is 0 Å². The molecule has 1 aromatic heterocycles. The number of amides is 1. The Kier molecular flexibility index (Phi) is 4.03. The summed E-state index contributed by atoms with van der Waals surface area (Å²) in [5.41, 5.74) is 7.99. The fourth-order valence-electron chi connectivity index (χ4n) is 2.72. The van der Waals surface area contributed by atoms with Gasteiger partial charge in [0.25, 0.3) is 5.91 Å². The van der Waals surface area contributed by atoms with Gasteiger partial charge in [0, 0.05) is 42.8 Å². The maximum Gasteiger partial charge on any atom is 0.253 e. The number of allylic oxidation sites excluding steroid dienone is 1. The van der Waals surface area contributed by atoms with Gasteiger partial charge >= 0.3 is 0 Å². The number of hydrazine groups is 1. The number of rotatable bonds is 5. The topological polar surface area (TPSA) is 58.1 Å². The molecule has 110 valence electrons. The summed E-state index contributed by atoms with van der Waals surface area (Å²) >= 11 is 0. The van der Waals surface area contributed by atoms with Crippen LogP contribution in [0.1, 0.15) is 16.8 Å². The normalized spacial score (nSPS) is 18.0. The van der Waals surface area contributed by atoms with Gasteiger partial charge in [0.15, 0.2) is 0 Å². The first-order valence-corrected chi connectivity index (χ1v) is 7.25. The number of nitrogens with zero attached hydrogens (tertiary/aromatic N) is 1. The minimum absolute atomic E-state index is 0.0253. The summed E-state index contributed by atoms with van der Waals surface area (Å²) in [5.74, 6) is -0.0253. The van der Waals surface area contributed by atoms with Crippen molar-refractivity contribution in [2.45, 2.75) is 19.0 Å². The zero-order valence-corrected chi connectivity index (χ0v) is 11.9. The van der Waals surface area contributed by atoms with Crippen molar-refractivity contribution < 1.29 is 4.79 Å². The van der Waals surface area contributed by atoms with Gasteiger partial charge in [0.1, 0.15) is 0 Å². The maximum atomic E-state index is 12.4. The van der Waals surface area contributed by atoms with Gasteiger partial charge in [-0.25, -0.2) is 0 Å². The van der Waals surface area contributed by atoms with Crippen LogP contribution in [0.15, 0.2) is 43.1 Å². The molecule has 1 atom stereocenters. The third-order valence-electron chi connectivity index (χ3n) is 3.79. The van der Waals surface area contributed by atoms with Gasteiger partial charge in [-0.2, -0.15) is 0 Å². The molecular weight excluding hydrogens is 264 g/mol. The molecule has 0 bridgehead atoms. The molecule has 1 aliphatic heterocycles. The minimum atomic E-state index is -0.0253. The van der Waals surface area contributed by atoms with Crippen LogP contribution in [-0.2, 0) is 6.54 Å². The van der Waals surface area contributed by atoms with Crippen molar-refractivity contribution in [3.05, 3.63) is 48.7 Å². The Morgan fingerprint density at radius 3 is 3.10 bits per heavy atom. The molecule has 1 saturated heterocycles. The summed E-state index contributed by atoms with van der Waals surface area (Å²) in [7, 11) is 0. The van der Waals surface area contributed by atoms with E-state index in [4.69, 9.17) is 0 Å². The van der Waals surface area contributed by atoms with E-state index in [1.807, 2.05) is 41.1 Å². The number of hydrogen-bond donors (Lipinski definition) is 3. The number of benzene rings is 1. The van der Waals surface area contributed by atoms with Gasteiger partial charge in [-0.15, -0.1) is 6.58 Å². The van der Waals surface area contributed by atoms with Crippen LogP contribution >= 0.6 is 0 Å². The highest BCUT2D eigenvalue weighted by Gasteiger charge is 2.17. The molecule has 21 heavy (non-hydrogen) atoms. The molecule has 3 N–H and O–H groups in total. The summed E-state index contributed by atoms with van der Waals surface area (Å²) in [6.07, 6.45) is 4.77. The largest absolute Gasteiger partial charge is 0.350 e. The van der Waals surface area contributed by atoms with Crippen LogP contribution in [0.2, 0.25) is 0 Å². The van der Waals surface area contributed by atoms with Crippen molar-refractivity contribution in [1.82, 2.24) is 20.7 Å². The van der Waals surface area contributed by atoms with Crippen LogP contribution in [0, 0.1) is 0 Å². The fraction of sp³-hybridized carbons (Fsp3) is 0.312. The van der Waals surface area contributed by atoms with Crippen molar-refractivity contribution >= 4 is 16.8 Å². The highest BCUT2D eigenvalue weighted by molar-refractivity contribution is 6.07. The Morgan fingerprint density at radius 1 is 1.48 bits per heavy atom. The average Bonchev–Trinajstić information content (AvgIpc) is 3.14. The highest BCUT2D eigenvalue weighted by atomic mass is 16.1. The van der Waals surface area contributed by atoms with Crippen LogP contribution in [0.3, 0.4) is 0 Å². The van der Waals surface area contributed by atoms with Crippen LogP contribution in [0.5, 0.6) is 0 Å². The van der Waals surface area contributed by atoms with Crippen molar-refractivity contribution in [2.24, 2.45) is 0 Å². The van der Waals surface area contributed by atoms with Crippen LogP contribution < -0.4 is 16.2 Å². The highest BCUT2D eigenvalue weighted by Crippen LogP contribution is 2.21. The molecule has 5 heteroatoms. The minimum Gasteiger partial charge on any atom is -0.350 e. The fourth-order valence-corrected chi connectivity index (χ4v) is 2.72. The predicted molar refractivity (Wildman–Crippen MR) is 84.0 cm³/mol. The third-order valence-corrected chi connectivity index (χ3v) is 3.79. The molecule has 2 aromatic rings. The number of hydrogen-bond acceptors (Lipinski definition) is 3. The smallest absolute Gasteiger partial charge is 0.253 e. The van der Waals surface area contributed by atoms with E-state index in [1.165, 1.54) is 0 Å². The van der Waals surface area contributed by atoms with E-state index in [1.54, 1.807) is 0 Å². The van der Waals surface area contributed by atoms with Crippen LogP contribution in [0.25, 0.3) is 10.9 Å². The van der Waals surface area contributed by atoms with E-state index in [2.05, 4.69) is 22.7 Å². The van der Waals surface area contributed by atoms with E-state index >= 15 is 0 Å². The number of fused-ring (bicyclic) bond motifs is 1. The summed E-state index contributed by atoms with van der Waals surface area (Å²) in [6, 6.07) is 8.25. The first-order valence-electron chi connectivity index (χ1n) is 7.25. The number of aromatic nitrogens is 1. The second kappa shape index (κ2) is 6.11. The SMILES string of the molecule is C=CCn1cc(C(=O)NCC2CCNN2)c2ccccc21. The van der Waals surface area contributed by atoms with Crippen molar-refractivity contribution in [3.63, 3.8) is 0 Å². The van der Waals surface area contributed by atoms with E-state index in [-0.39, 0.29) is 5.91 Å². The Labute approximate surface area is 124 Å². The number of nitrogens with one attached hydrogen (secondary N) is 3. The van der Waals surface area contributed by atoms with Gasteiger partial charge in [0.2, 0.25) is 0 Å². The molecule has 5 nitrogen and oxygen atoms in total. The van der Waals surface area contributed by atoms with Crippen molar-refractivity contribution in [3.8, 4) is 0 Å². The lowest BCUT2D eigenvalue weighted by Crippen LogP contribution is -2.40. The average molecular weight is 284 g/mol. The Balaban J connectivity index is 1.81. The predicted octanol–water partition coefficient (Wildman–Crippen LogP) is 1.42. The molecule has 0 spiro atoms. The standard InChI is InChI=1S/C16H20N4O/c1-2-9-20-11-14(13-5-3-4-6-15(13)20)16(21)17-10-12-7-8-18-19-12/h2-6,11-12,18-19H,1,7-10H2,(H,17,21). The summed E-state index contributed by atoms with van der Waals surface area (Å²) in [6.45, 7) is 6.04. The Hall–Kier alpha value is -2.11. The number of carbonyl (C=O) groups excluding carboxylic acids is 1.